The number of rotatable bonds is 11. The molecule has 1 aromatic heterocycles. The molecule has 0 saturated heterocycles. The summed E-state index contributed by atoms with van der Waals surface area (Å²) in [6.07, 6.45) is 0.988. The number of hydrogen-bond donors (Lipinski definition) is 2. The molecule has 0 radical (unpaired) electrons. The lowest BCUT2D eigenvalue weighted by Gasteiger charge is -2.13. The van der Waals surface area contributed by atoms with E-state index in [2.05, 4.69) is 57.4 Å². The first-order valence-electron chi connectivity index (χ1n) is 10.4. The molecule has 0 bridgehead atoms. The zero-order valence-corrected chi connectivity index (χ0v) is 21.3. The van der Waals surface area contributed by atoms with E-state index in [-0.39, 0.29) is 24.0 Å². The van der Waals surface area contributed by atoms with Gasteiger partial charge in [-0.2, -0.15) is 5.10 Å². The maximum absolute atomic E-state index is 5.81. The van der Waals surface area contributed by atoms with Gasteiger partial charge in [0.1, 0.15) is 12.4 Å². The molecule has 8 heteroatoms. The maximum atomic E-state index is 5.81. The van der Waals surface area contributed by atoms with Gasteiger partial charge in [0, 0.05) is 31.9 Å². The third-order valence-electron chi connectivity index (χ3n) is 4.41. The van der Waals surface area contributed by atoms with Gasteiger partial charge >= 0.3 is 0 Å². The minimum atomic E-state index is 0. The fraction of sp³-hybridized carbons (Fsp3) is 0.545. The molecule has 30 heavy (non-hydrogen) atoms. The van der Waals surface area contributed by atoms with Crippen LogP contribution in [-0.4, -0.2) is 61.0 Å². The van der Waals surface area contributed by atoms with Crippen molar-refractivity contribution in [1.29, 1.82) is 0 Å². The van der Waals surface area contributed by atoms with Crippen LogP contribution in [0.3, 0.4) is 0 Å². The summed E-state index contributed by atoms with van der Waals surface area (Å²) in [5, 5.41) is 11.2. The van der Waals surface area contributed by atoms with Crippen molar-refractivity contribution >= 4 is 29.9 Å². The topological polar surface area (TPSA) is 66.7 Å². The molecule has 1 heterocycles. The molecule has 0 unspecified atom stereocenters. The van der Waals surface area contributed by atoms with E-state index >= 15 is 0 Å². The van der Waals surface area contributed by atoms with E-state index in [1.807, 2.05) is 33.2 Å². The van der Waals surface area contributed by atoms with Crippen LogP contribution in [-0.2, 0) is 13.1 Å². The van der Waals surface area contributed by atoms with Gasteiger partial charge in [0.25, 0.3) is 0 Å². The monoisotopic (exact) mass is 528 g/mol. The average molecular weight is 528 g/mol. The fourth-order valence-corrected chi connectivity index (χ4v) is 2.93. The molecular formula is C22H37IN6O. The molecule has 2 aromatic rings. The van der Waals surface area contributed by atoms with Crippen LogP contribution in [0, 0.1) is 13.8 Å². The Balaban J connectivity index is 0.00000450. The first-order chi connectivity index (χ1) is 14.0. The molecule has 0 aliphatic heterocycles. The first-order valence-corrected chi connectivity index (χ1v) is 10.4. The van der Waals surface area contributed by atoms with Gasteiger partial charge in [-0.05, 0) is 65.0 Å². The predicted octanol–water partition coefficient (Wildman–Crippen LogP) is 3.20. The van der Waals surface area contributed by atoms with Gasteiger partial charge in [-0.1, -0.05) is 12.1 Å². The highest BCUT2D eigenvalue weighted by atomic mass is 127. The zero-order chi connectivity index (χ0) is 21.1. The van der Waals surface area contributed by atoms with Crippen LogP contribution in [0.25, 0.3) is 0 Å². The molecule has 0 aliphatic carbocycles. The molecule has 0 spiro atoms. The second kappa shape index (κ2) is 14.2. The average Bonchev–Trinajstić information content (AvgIpc) is 3.00. The lowest BCUT2D eigenvalue weighted by Crippen LogP contribution is -2.38. The summed E-state index contributed by atoms with van der Waals surface area (Å²) in [6, 6.07) is 10.3. The van der Waals surface area contributed by atoms with Crippen LogP contribution in [0.5, 0.6) is 5.75 Å². The van der Waals surface area contributed by atoms with Crippen molar-refractivity contribution in [3.63, 3.8) is 0 Å². The number of nitrogens with one attached hydrogen (secondary N) is 2. The van der Waals surface area contributed by atoms with Crippen molar-refractivity contribution in [3.05, 3.63) is 47.3 Å². The second-order valence-electron chi connectivity index (χ2n) is 7.42. The summed E-state index contributed by atoms with van der Waals surface area (Å²) < 4.78 is 7.87. The van der Waals surface area contributed by atoms with E-state index < -0.39 is 0 Å². The first kappa shape index (κ1) is 26.2. The molecule has 2 N–H and O–H groups in total. The Morgan fingerprint density at radius 3 is 2.67 bits per heavy atom. The fourth-order valence-electron chi connectivity index (χ4n) is 2.93. The minimum Gasteiger partial charge on any atom is -0.492 e. The van der Waals surface area contributed by atoms with Gasteiger partial charge in [-0.25, -0.2) is 4.99 Å². The second-order valence-corrected chi connectivity index (χ2v) is 7.42. The Kier molecular flexibility index (Phi) is 12.4. The van der Waals surface area contributed by atoms with Gasteiger partial charge in [0.05, 0.1) is 12.2 Å². The van der Waals surface area contributed by atoms with Gasteiger partial charge in [-0.15, -0.1) is 24.0 Å². The van der Waals surface area contributed by atoms with E-state index in [9.17, 15) is 0 Å². The lowest BCUT2D eigenvalue weighted by molar-refractivity contribution is 0.261. The number of halogens is 1. The largest absolute Gasteiger partial charge is 0.492 e. The summed E-state index contributed by atoms with van der Waals surface area (Å²) in [6.45, 7) is 11.0. The van der Waals surface area contributed by atoms with E-state index in [1.165, 1.54) is 5.69 Å². The SMILES string of the molecule is CCNC(=NCc1cccc(OCCN(C)C)c1)NCCCn1nc(C)cc1C.I. The lowest BCUT2D eigenvalue weighted by atomic mass is 10.2. The van der Waals surface area contributed by atoms with E-state index in [0.717, 1.165) is 55.6 Å². The van der Waals surface area contributed by atoms with Gasteiger partial charge < -0.3 is 20.3 Å². The van der Waals surface area contributed by atoms with E-state index in [4.69, 9.17) is 9.73 Å². The molecule has 0 aliphatic rings. The predicted molar refractivity (Wildman–Crippen MR) is 135 cm³/mol. The van der Waals surface area contributed by atoms with E-state index in [1.54, 1.807) is 0 Å². The van der Waals surface area contributed by atoms with Crippen LogP contribution in [0.2, 0.25) is 0 Å². The normalized spacial score (nSPS) is 11.3. The molecule has 2 rings (SSSR count). The molecule has 1 aromatic carbocycles. The van der Waals surface area contributed by atoms with Gasteiger partial charge in [0.2, 0.25) is 0 Å². The summed E-state index contributed by atoms with van der Waals surface area (Å²) in [4.78, 5) is 6.82. The summed E-state index contributed by atoms with van der Waals surface area (Å²) in [7, 11) is 4.09. The Morgan fingerprint density at radius 1 is 1.20 bits per heavy atom. The summed E-state index contributed by atoms with van der Waals surface area (Å²) >= 11 is 0. The van der Waals surface area contributed by atoms with Crippen LogP contribution >= 0.6 is 24.0 Å². The van der Waals surface area contributed by atoms with Gasteiger partial charge in [-0.3, -0.25) is 4.68 Å². The van der Waals surface area contributed by atoms with Crippen molar-refractivity contribution in [2.24, 2.45) is 4.99 Å². The highest BCUT2D eigenvalue weighted by molar-refractivity contribution is 14.0. The van der Waals surface area contributed by atoms with Crippen molar-refractivity contribution in [3.8, 4) is 5.75 Å². The maximum Gasteiger partial charge on any atom is 0.191 e. The van der Waals surface area contributed by atoms with Crippen molar-refractivity contribution in [1.82, 2.24) is 25.3 Å². The Morgan fingerprint density at radius 2 is 2.00 bits per heavy atom. The van der Waals surface area contributed by atoms with Crippen LogP contribution in [0.15, 0.2) is 35.3 Å². The highest BCUT2D eigenvalue weighted by Gasteiger charge is 2.02. The molecular weight excluding hydrogens is 491 g/mol. The number of ether oxygens (including phenoxy) is 1. The van der Waals surface area contributed by atoms with E-state index in [0.29, 0.717) is 13.2 Å². The zero-order valence-electron chi connectivity index (χ0n) is 18.9. The van der Waals surface area contributed by atoms with Crippen LogP contribution < -0.4 is 15.4 Å². The number of guanidine groups is 1. The number of likely N-dealkylation sites (N-methyl/N-ethyl adjacent to an activating group) is 1. The number of hydrogen-bond acceptors (Lipinski definition) is 4. The van der Waals surface area contributed by atoms with Gasteiger partial charge in [0.15, 0.2) is 5.96 Å². The Hall–Kier alpha value is -1.81. The number of nitrogens with zero attached hydrogens (tertiary/aromatic N) is 4. The number of aliphatic imine (C=N–C) groups is 1. The molecule has 168 valence electrons. The number of aryl methyl sites for hydroxylation is 3. The third-order valence-corrected chi connectivity index (χ3v) is 4.41. The quantitative estimate of drug-likeness (QED) is 0.203. The summed E-state index contributed by atoms with van der Waals surface area (Å²) in [5.41, 5.74) is 3.40. The number of benzene rings is 1. The molecule has 7 nitrogen and oxygen atoms in total. The summed E-state index contributed by atoms with van der Waals surface area (Å²) in [5.74, 6) is 1.72. The van der Waals surface area contributed by atoms with Crippen molar-refractivity contribution < 1.29 is 4.74 Å². The Labute approximate surface area is 198 Å². The molecule has 0 fully saturated rings. The molecule has 0 amide bonds. The van der Waals surface area contributed by atoms with Crippen molar-refractivity contribution in [2.75, 3.05) is 40.3 Å². The molecule has 0 saturated carbocycles. The number of aromatic nitrogens is 2. The standard InChI is InChI=1S/C22H36N6O.HI/c1-6-23-22(24-11-8-12-28-19(3)15-18(2)26-28)25-17-20-9-7-10-21(16-20)29-14-13-27(4)5;/h7,9-10,15-16H,6,8,11-14,17H2,1-5H3,(H2,23,24,25);1H. The molecule has 0 atom stereocenters. The smallest absolute Gasteiger partial charge is 0.191 e. The van der Waals surface area contributed by atoms with Crippen LogP contribution in [0.4, 0.5) is 0 Å². The highest BCUT2D eigenvalue weighted by Crippen LogP contribution is 2.14. The van der Waals surface area contributed by atoms with Crippen molar-refractivity contribution in [2.45, 2.75) is 40.3 Å². The third kappa shape index (κ3) is 9.80. The Bertz CT molecular complexity index is 775. The minimum absolute atomic E-state index is 0. The van der Waals surface area contributed by atoms with Crippen LogP contribution in [0.1, 0.15) is 30.3 Å².